The van der Waals surface area contributed by atoms with E-state index in [2.05, 4.69) is 33.2 Å². The van der Waals surface area contributed by atoms with Gasteiger partial charge in [0.15, 0.2) is 11.1 Å². The van der Waals surface area contributed by atoms with Crippen molar-refractivity contribution in [2.75, 3.05) is 31.3 Å². The molecule has 1 fully saturated rings. The van der Waals surface area contributed by atoms with Gasteiger partial charge < -0.3 is 30.6 Å². The number of halogens is 4. The van der Waals surface area contributed by atoms with E-state index in [-0.39, 0.29) is 41.4 Å². The molecule has 1 aromatic heterocycles. The third-order valence-electron chi connectivity index (χ3n) is 9.24. The molecule has 15 heteroatoms. The zero-order valence-corrected chi connectivity index (χ0v) is 30.3. The van der Waals surface area contributed by atoms with E-state index in [1.54, 1.807) is 30.3 Å². The van der Waals surface area contributed by atoms with Gasteiger partial charge in [0.05, 0.1) is 7.11 Å². The number of aromatic nitrogens is 1. The molecule has 6 unspecified atom stereocenters. The summed E-state index contributed by atoms with van der Waals surface area (Å²) in [4.78, 5) is 30.8. The second kappa shape index (κ2) is 18.8. The molecule has 51 heavy (non-hydrogen) atoms. The molecule has 3 aromatic rings. The van der Waals surface area contributed by atoms with Crippen LogP contribution in [0.2, 0.25) is 5.02 Å². The topological polar surface area (TPSA) is 142 Å². The standard InChI is InChI=1S/C36H45ClF3N5O5S/c1-4-22-19-41-26(7-6-18-51(48)49)21-42-29(22)16-15-27-28(38)8-5-9-30(27)44-34(46)33(45-35(47)50-3)32(23-10-13-25(37)14-11-23)24-12-17-31(43-20-24)36(2,39)40/h5,8-14,17,20,22,26,29,32-33,41-42H,4,6-7,15-16,18-19,21H2,1-3H3,(H,44,46)(H,45,47)(H,48,49). The summed E-state index contributed by atoms with van der Waals surface area (Å²) in [5.41, 5.74) is 0.919. The molecule has 0 radical (unpaired) electrons. The predicted octanol–water partition coefficient (Wildman–Crippen LogP) is 6.37. The summed E-state index contributed by atoms with van der Waals surface area (Å²) >= 11 is 4.32. The van der Waals surface area contributed by atoms with Crippen molar-refractivity contribution >= 4 is 40.4 Å². The second-order valence-electron chi connectivity index (χ2n) is 12.8. The van der Waals surface area contributed by atoms with Crippen LogP contribution in [0.1, 0.15) is 67.8 Å². The molecule has 2 amide bonds. The Morgan fingerprint density at radius 1 is 1.10 bits per heavy atom. The Labute approximate surface area is 304 Å². The van der Waals surface area contributed by atoms with Crippen LogP contribution in [0.25, 0.3) is 0 Å². The molecular weight excluding hydrogens is 707 g/mol. The summed E-state index contributed by atoms with van der Waals surface area (Å²) < 4.78 is 68.6. The minimum Gasteiger partial charge on any atom is -0.453 e. The first kappa shape index (κ1) is 40.2. The highest BCUT2D eigenvalue weighted by Crippen LogP contribution is 2.33. The summed E-state index contributed by atoms with van der Waals surface area (Å²) in [7, 11) is 1.14. The van der Waals surface area contributed by atoms with Crippen molar-refractivity contribution in [2.24, 2.45) is 5.92 Å². The monoisotopic (exact) mass is 751 g/mol. The molecule has 10 nitrogen and oxygen atoms in total. The highest BCUT2D eigenvalue weighted by molar-refractivity contribution is 7.79. The van der Waals surface area contributed by atoms with E-state index in [0.717, 1.165) is 39.5 Å². The number of hydrogen-bond acceptors (Lipinski definition) is 7. The van der Waals surface area contributed by atoms with E-state index in [9.17, 15) is 22.6 Å². The lowest BCUT2D eigenvalue weighted by atomic mass is 9.85. The number of rotatable bonds is 15. The lowest BCUT2D eigenvalue weighted by molar-refractivity contribution is -0.118. The highest BCUT2D eigenvalue weighted by atomic mass is 35.5. The molecule has 1 aliphatic rings. The van der Waals surface area contributed by atoms with E-state index in [4.69, 9.17) is 20.9 Å². The summed E-state index contributed by atoms with van der Waals surface area (Å²) in [6.07, 6.45) is 3.40. The zero-order chi connectivity index (χ0) is 37.1. The van der Waals surface area contributed by atoms with Crippen LogP contribution in [0, 0.1) is 11.7 Å². The van der Waals surface area contributed by atoms with Gasteiger partial charge in [-0.3, -0.25) is 9.78 Å². The molecule has 6 atom stereocenters. The van der Waals surface area contributed by atoms with Crippen molar-refractivity contribution < 1.29 is 36.3 Å². The van der Waals surface area contributed by atoms with Gasteiger partial charge in [-0.05, 0) is 79.6 Å². The number of nitrogens with one attached hydrogen (secondary N) is 4. The van der Waals surface area contributed by atoms with Crippen molar-refractivity contribution in [3.05, 3.63) is 94.0 Å². The number of carbonyl (C=O) groups is 2. The number of ether oxygens (including phenoxy) is 1. The number of carbonyl (C=O) groups excluding carboxylic acids is 2. The third-order valence-corrected chi connectivity index (χ3v) is 10.1. The Hall–Kier alpha value is -3.56. The van der Waals surface area contributed by atoms with Crippen LogP contribution in [0.3, 0.4) is 0 Å². The van der Waals surface area contributed by atoms with Gasteiger partial charge in [0.1, 0.15) is 17.6 Å². The molecule has 5 N–H and O–H groups in total. The molecule has 2 heterocycles. The Kier molecular flexibility index (Phi) is 14.8. The zero-order valence-electron chi connectivity index (χ0n) is 28.8. The van der Waals surface area contributed by atoms with Gasteiger partial charge in [-0.2, -0.15) is 8.78 Å². The SMILES string of the molecule is CCC1CNC(CCCS(=O)O)CNC1CCc1c(F)cccc1NC(=O)C(NC(=O)OC)C(c1ccc(Cl)cc1)c1ccc(C(C)(F)F)nc1. The van der Waals surface area contributed by atoms with Gasteiger partial charge in [0.25, 0.3) is 5.92 Å². The number of benzene rings is 2. The molecule has 1 saturated heterocycles. The lowest BCUT2D eigenvalue weighted by Crippen LogP contribution is -2.48. The third kappa shape index (κ3) is 11.5. The van der Waals surface area contributed by atoms with Gasteiger partial charge >= 0.3 is 6.09 Å². The number of amides is 2. The molecule has 0 aliphatic carbocycles. The van der Waals surface area contributed by atoms with Crippen LogP contribution >= 0.6 is 11.6 Å². The van der Waals surface area contributed by atoms with Gasteiger partial charge in [0, 0.05) is 59.7 Å². The largest absolute Gasteiger partial charge is 0.453 e. The number of methoxy groups -OCH3 is 1. The van der Waals surface area contributed by atoms with E-state index >= 15 is 4.39 Å². The quantitative estimate of drug-likeness (QED) is 0.113. The summed E-state index contributed by atoms with van der Waals surface area (Å²) in [6, 6.07) is 12.3. The fourth-order valence-corrected chi connectivity index (χ4v) is 6.98. The van der Waals surface area contributed by atoms with Crippen molar-refractivity contribution in [3.8, 4) is 0 Å². The van der Waals surface area contributed by atoms with Crippen molar-refractivity contribution in [1.29, 1.82) is 0 Å². The van der Waals surface area contributed by atoms with Crippen LogP contribution in [0.4, 0.5) is 23.7 Å². The summed E-state index contributed by atoms with van der Waals surface area (Å²) in [6.45, 7) is 4.21. The molecule has 0 saturated carbocycles. The average Bonchev–Trinajstić information content (AvgIpc) is 3.29. The first-order valence-corrected chi connectivity index (χ1v) is 18.5. The van der Waals surface area contributed by atoms with E-state index in [1.807, 2.05) is 0 Å². The Morgan fingerprint density at radius 3 is 2.45 bits per heavy atom. The number of anilines is 1. The number of alkyl halides is 2. The Bertz CT molecular complexity index is 1630. The van der Waals surface area contributed by atoms with Gasteiger partial charge in [0.2, 0.25) is 5.91 Å². The maximum atomic E-state index is 15.5. The first-order valence-electron chi connectivity index (χ1n) is 16.9. The Morgan fingerprint density at radius 2 is 1.82 bits per heavy atom. The fraction of sp³-hybridized carbons (Fsp3) is 0.472. The van der Waals surface area contributed by atoms with Crippen LogP contribution in [0.5, 0.6) is 0 Å². The van der Waals surface area contributed by atoms with Gasteiger partial charge in [-0.1, -0.05) is 49.2 Å². The molecule has 0 spiro atoms. The predicted molar refractivity (Wildman–Crippen MR) is 192 cm³/mol. The number of alkyl carbamates (subject to hydrolysis) is 1. The molecule has 4 rings (SSSR count). The minimum absolute atomic E-state index is 0.0385. The molecule has 278 valence electrons. The highest BCUT2D eigenvalue weighted by Gasteiger charge is 2.35. The number of nitrogens with zero attached hydrogens (tertiary/aromatic N) is 1. The van der Waals surface area contributed by atoms with Crippen LogP contribution in [0.15, 0.2) is 60.8 Å². The van der Waals surface area contributed by atoms with Crippen molar-refractivity contribution in [2.45, 2.75) is 75.9 Å². The number of pyridine rings is 1. The lowest BCUT2D eigenvalue weighted by Gasteiger charge is -2.28. The maximum Gasteiger partial charge on any atom is 0.407 e. The smallest absolute Gasteiger partial charge is 0.407 e. The van der Waals surface area contributed by atoms with E-state index in [0.29, 0.717) is 35.5 Å². The Balaban J connectivity index is 1.60. The van der Waals surface area contributed by atoms with Crippen LogP contribution in [-0.4, -0.2) is 69.8 Å². The first-order chi connectivity index (χ1) is 24.3. The van der Waals surface area contributed by atoms with E-state index in [1.165, 1.54) is 24.4 Å². The minimum atomic E-state index is -3.20. The maximum absolute atomic E-state index is 15.5. The summed E-state index contributed by atoms with van der Waals surface area (Å²) in [5, 5.41) is 13.0. The fourth-order valence-electron chi connectivity index (χ4n) is 6.44. The second-order valence-corrected chi connectivity index (χ2v) is 14.2. The van der Waals surface area contributed by atoms with E-state index < -0.39 is 52.5 Å². The summed E-state index contributed by atoms with van der Waals surface area (Å²) in [5.74, 6) is -4.88. The number of hydrogen-bond donors (Lipinski definition) is 5. The van der Waals surface area contributed by atoms with Gasteiger partial charge in [-0.25, -0.2) is 13.4 Å². The van der Waals surface area contributed by atoms with Crippen molar-refractivity contribution in [3.63, 3.8) is 0 Å². The molecule has 0 bridgehead atoms. The van der Waals surface area contributed by atoms with Crippen molar-refractivity contribution in [1.82, 2.24) is 20.9 Å². The normalized spacial score (nSPS) is 19.7. The molecular formula is C36H45ClF3N5O5S. The molecule has 1 aliphatic heterocycles. The van der Waals surface area contributed by atoms with Gasteiger partial charge in [-0.15, -0.1) is 0 Å². The molecule has 2 aromatic carbocycles. The van der Waals surface area contributed by atoms with Crippen LogP contribution in [-0.2, 0) is 33.0 Å². The van der Waals surface area contributed by atoms with Crippen LogP contribution < -0.4 is 21.3 Å². The average molecular weight is 752 g/mol.